The van der Waals surface area contributed by atoms with Crippen LogP contribution < -0.4 is 5.32 Å². The molecule has 4 heteroatoms. The molecule has 1 aliphatic rings. The largest absolute Gasteiger partial charge is 0.341 e. The Morgan fingerprint density at radius 1 is 1.24 bits per heavy atom. The Bertz CT molecular complexity index is 498. The first kappa shape index (κ1) is 10.8. The second-order valence-corrected chi connectivity index (χ2v) is 4.78. The number of benzene rings is 1. The van der Waals surface area contributed by atoms with Crippen molar-refractivity contribution in [2.75, 3.05) is 6.54 Å². The number of aromatic nitrogens is 2. The number of imidazole rings is 1. The van der Waals surface area contributed by atoms with E-state index in [1.807, 2.05) is 30.5 Å². The predicted molar refractivity (Wildman–Crippen MR) is 69.0 cm³/mol. The summed E-state index contributed by atoms with van der Waals surface area (Å²) in [6.45, 7) is 1.10. The average molecular weight is 248 g/mol. The van der Waals surface area contributed by atoms with Crippen molar-refractivity contribution in [2.45, 2.75) is 18.9 Å². The zero-order valence-corrected chi connectivity index (χ0v) is 10.2. The normalized spacial score (nSPS) is 19.7. The minimum atomic E-state index is 0.434. The molecule has 0 aliphatic carbocycles. The Morgan fingerprint density at radius 2 is 2.06 bits per heavy atom. The first-order valence-electron chi connectivity index (χ1n) is 5.87. The second kappa shape index (κ2) is 4.51. The fourth-order valence-electron chi connectivity index (χ4n) is 2.22. The van der Waals surface area contributed by atoms with Gasteiger partial charge in [0.15, 0.2) is 0 Å². The predicted octanol–water partition coefficient (Wildman–Crippen LogP) is 3.15. The maximum atomic E-state index is 5.87. The summed E-state index contributed by atoms with van der Waals surface area (Å²) in [6.07, 6.45) is 4.34. The molecule has 1 fully saturated rings. The number of H-pyrrole nitrogens is 1. The van der Waals surface area contributed by atoms with Crippen LogP contribution in [0.15, 0.2) is 30.5 Å². The lowest BCUT2D eigenvalue weighted by atomic mass is 10.2. The molecule has 3 nitrogen and oxygen atoms in total. The van der Waals surface area contributed by atoms with E-state index >= 15 is 0 Å². The van der Waals surface area contributed by atoms with Gasteiger partial charge in [0.1, 0.15) is 5.82 Å². The SMILES string of the molecule is Clc1ccc(-c2ncc(C3CCCN3)[nH]2)cc1. The van der Waals surface area contributed by atoms with Crippen molar-refractivity contribution >= 4 is 11.6 Å². The van der Waals surface area contributed by atoms with E-state index in [2.05, 4.69) is 15.3 Å². The molecular weight excluding hydrogens is 234 g/mol. The fourth-order valence-corrected chi connectivity index (χ4v) is 2.34. The van der Waals surface area contributed by atoms with Crippen LogP contribution in [0.4, 0.5) is 0 Å². The highest BCUT2D eigenvalue weighted by Crippen LogP contribution is 2.24. The van der Waals surface area contributed by atoms with Gasteiger partial charge in [-0.25, -0.2) is 4.98 Å². The van der Waals surface area contributed by atoms with E-state index < -0.39 is 0 Å². The molecule has 0 spiro atoms. The molecule has 0 amide bonds. The Labute approximate surface area is 105 Å². The topological polar surface area (TPSA) is 40.7 Å². The van der Waals surface area contributed by atoms with E-state index in [0.29, 0.717) is 6.04 Å². The van der Waals surface area contributed by atoms with E-state index in [1.165, 1.54) is 18.5 Å². The number of halogens is 1. The van der Waals surface area contributed by atoms with Crippen LogP contribution in [0.3, 0.4) is 0 Å². The van der Waals surface area contributed by atoms with Crippen molar-refractivity contribution in [1.82, 2.24) is 15.3 Å². The Morgan fingerprint density at radius 3 is 2.76 bits per heavy atom. The summed E-state index contributed by atoms with van der Waals surface area (Å²) in [7, 11) is 0. The minimum Gasteiger partial charge on any atom is -0.341 e. The van der Waals surface area contributed by atoms with E-state index in [4.69, 9.17) is 11.6 Å². The van der Waals surface area contributed by atoms with Crippen molar-refractivity contribution in [1.29, 1.82) is 0 Å². The average Bonchev–Trinajstić information content (AvgIpc) is 3.00. The highest BCUT2D eigenvalue weighted by molar-refractivity contribution is 6.30. The second-order valence-electron chi connectivity index (χ2n) is 4.34. The first-order chi connectivity index (χ1) is 8.33. The van der Waals surface area contributed by atoms with Crippen molar-refractivity contribution in [3.63, 3.8) is 0 Å². The third-order valence-corrected chi connectivity index (χ3v) is 3.40. The Kier molecular flexibility index (Phi) is 2.87. The monoisotopic (exact) mass is 247 g/mol. The highest BCUT2D eigenvalue weighted by atomic mass is 35.5. The number of nitrogens with one attached hydrogen (secondary N) is 2. The van der Waals surface area contributed by atoms with Gasteiger partial charge >= 0.3 is 0 Å². The van der Waals surface area contributed by atoms with Crippen LogP contribution >= 0.6 is 11.6 Å². The van der Waals surface area contributed by atoms with Crippen LogP contribution in [0.1, 0.15) is 24.6 Å². The van der Waals surface area contributed by atoms with Gasteiger partial charge in [-0.3, -0.25) is 0 Å². The summed E-state index contributed by atoms with van der Waals surface area (Å²) in [5, 5.41) is 4.20. The van der Waals surface area contributed by atoms with Gasteiger partial charge < -0.3 is 10.3 Å². The zero-order valence-electron chi connectivity index (χ0n) is 9.41. The van der Waals surface area contributed by atoms with Crippen LogP contribution in [-0.4, -0.2) is 16.5 Å². The first-order valence-corrected chi connectivity index (χ1v) is 6.25. The van der Waals surface area contributed by atoms with Gasteiger partial charge in [0.05, 0.1) is 11.9 Å². The quantitative estimate of drug-likeness (QED) is 0.856. The molecule has 0 saturated carbocycles. The van der Waals surface area contributed by atoms with Gasteiger partial charge in [-0.05, 0) is 43.7 Å². The lowest BCUT2D eigenvalue weighted by Crippen LogP contribution is -2.12. The van der Waals surface area contributed by atoms with Gasteiger partial charge in [-0.2, -0.15) is 0 Å². The Balaban J connectivity index is 1.86. The molecule has 0 radical (unpaired) electrons. The summed E-state index contributed by atoms with van der Waals surface area (Å²) in [5.74, 6) is 0.908. The highest BCUT2D eigenvalue weighted by Gasteiger charge is 2.18. The standard InChI is InChI=1S/C13H14ClN3/c14-10-5-3-9(4-6-10)13-16-8-12(17-13)11-2-1-7-15-11/h3-6,8,11,15H,1-2,7H2,(H,16,17). The van der Waals surface area contributed by atoms with Gasteiger partial charge in [-0.1, -0.05) is 11.6 Å². The Hall–Kier alpha value is -1.32. The number of hydrogen-bond donors (Lipinski definition) is 2. The smallest absolute Gasteiger partial charge is 0.137 e. The maximum Gasteiger partial charge on any atom is 0.137 e. The van der Waals surface area contributed by atoms with Crippen LogP contribution in [0.25, 0.3) is 11.4 Å². The van der Waals surface area contributed by atoms with Gasteiger partial charge in [0, 0.05) is 16.6 Å². The van der Waals surface area contributed by atoms with Gasteiger partial charge in [-0.15, -0.1) is 0 Å². The van der Waals surface area contributed by atoms with Crippen LogP contribution in [0.5, 0.6) is 0 Å². The maximum absolute atomic E-state index is 5.87. The molecule has 1 aromatic heterocycles. The molecule has 3 rings (SSSR count). The molecule has 1 atom stereocenters. The molecular formula is C13H14ClN3. The van der Waals surface area contributed by atoms with Crippen molar-refractivity contribution in [3.8, 4) is 11.4 Å². The fraction of sp³-hybridized carbons (Fsp3) is 0.308. The summed E-state index contributed by atoms with van der Waals surface area (Å²) < 4.78 is 0. The third kappa shape index (κ3) is 2.21. The van der Waals surface area contributed by atoms with Crippen LogP contribution in [0, 0.1) is 0 Å². The zero-order chi connectivity index (χ0) is 11.7. The summed E-state index contributed by atoms with van der Waals surface area (Å²) in [5.41, 5.74) is 2.24. The lowest BCUT2D eigenvalue weighted by Gasteiger charge is -2.06. The lowest BCUT2D eigenvalue weighted by molar-refractivity contribution is 0.632. The molecule has 1 saturated heterocycles. The molecule has 1 unspecified atom stereocenters. The van der Waals surface area contributed by atoms with Crippen molar-refractivity contribution < 1.29 is 0 Å². The number of nitrogens with zero attached hydrogens (tertiary/aromatic N) is 1. The number of aromatic amines is 1. The number of rotatable bonds is 2. The third-order valence-electron chi connectivity index (χ3n) is 3.15. The molecule has 2 aromatic rings. The van der Waals surface area contributed by atoms with Crippen molar-refractivity contribution in [2.24, 2.45) is 0 Å². The van der Waals surface area contributed by atoms with Crippen molar-refractivity contribution in [3.05, 3.63) is 41.2 Å². The van der Waals surface area contributed by atoms with E-state index in [0.717, 1.165) is 23.0 Å². The molecule has 17 heavy (non-hydrogen) atoms. The molecule has 2 heterocycles. The molecule has 2 N–H and O–H groups in total. The summed E-state index contributed by atoms with van der Waals surface area (Å²) in [4.78, 5) is 7.80. The van der Waals surface area contributed by atoms with Gasteiger partial charge in [0.2, 0.25) is 0 Å². The van der Waals surface area contributed by atoms with E-state index in [1.54, 1.807) is 0 Å². The summed E-state index contributed by atoms with van der Waals surface area (Å²) in [6, 6.07) is 8.16. The summed E-state index contributed by atoms with van der Waals surface area (Å²) >= 11 is 5.87. The molecule has 0 bridgehead atoms. The van der Waals surface area contributed by atoms with Crippen LogP contribution in [0.2, 0.25) is 5.02 Å². The molecule has 1 aromatic carbocycles. The minimum absolute atomic E-state index is 0.434. The van der Waals surface area contributed by atoms with E-state index in [9.17, 15) is 0 Å². The molecule has 1 aliphatic heterocycles. The van der Waals surface area contributed by atoms with Crippen LogP contribution in [-0.2, 0) is 0 Å². The van der Waals surface area contributed by atoms with Gasteiger partial charge in [0.25, 0.3) is 0 Å². The van der Waals surface area contributed by atoms with E-state index in [-0.39, 0.29) is 0 Å². The molecule has 88 valence electrons. The number of hydrogen-bond acceptors (Lipinski definition) is 2.